The van der Waals surface area contributed by atoms with Crippen molar-refractivity contribution in [3.05, 3.63) is 28.9 Å². The molecule has 0 bridgehead atoms. The number of amides is 1. The minimum atomic E-state index is -2.25. The first-order chi connectivity index (χ1) is 11.2. The van der Waals surface area contributed by atoms with Crippen LogP contribution in [0.2, 0.25) is 0 Å². The van der Waals surface area contributed by atoms with E-state index < -0.39 is 22.8 Å². The van der Waals surface area contributed by atoms with Gasteiger partial charge in [0.25, 0.3) is 0 Å². The summed E-state index contributed by atoms with van der Waals surface area (Å²) in [6, 6.07) is 5.00. The first-order valence-electron chi connectivity index (χ1n) is 7.52. The maximum absolute atomic E-state index is 11.6. The number of rotatable bonds is 5. The lowest BCUT2D eigenvalue weighted by Gasteiger charge is -2.19. The van der Waals surface area contributed by atoms with Gasteiger partial charge >= 0.3 is 6.09 Å². The normalized spacial score (nSPS) is 13.0. The Bertz CT molecular complexity index is 767. The van der Waals surface area contributed by atoms with Gasteiger partial charge in [-0.25, -0.2) is 4.79 Å². The average Bonchev–Trinajstić information content (AvgIpc) is 2.78. The molecule has 1 amide bonds. The topological polar surface area (TPSA) is 83.4 Å². The van der Waals surface area contributed by atoms with Crippen molar-refractivity contribution in [3.63, 3.8) is 0 Å². The predicted molar refractivity (Wildman–Crippen MR) is 95.7 cm³/mol. The van der Waals surface area contributed by atoms with Gasteiger partial charge in [0.05, 0.1) is 0 Å². The van der Waals surface area contributed by atoms with Crippen molar-refractivity contribution in [1.82, 2.24) is 9.88 Å². The molecule has 0 aliphatic heterocycles. The second kappa shape index (κ2) is 7.67. The second-order valence-electron chi connectivity index (χ2n) is 6.37. The molecule has 1 atom stereocenters. The smallest absolute Gasteiger partial charge is 0.407 e. The molecule has 1 heterocycles. The number of benzene rings is 1. The lowest BCUT2D eigenvalue weighted by atomic mass is 10.2. The average molecular weight is 416 g/mol. The van der Waals surface area contributed by atoms with E-state index in [2.05, 4.69) is 21.2 Å². The Kier molecular flexibility index (Phi) is 6.06. The number of hydrogen-bond acceptors (Lipinski definition) is 4. The van der Waals surface area contributed by atoms with Gasteiger partial charge in [0.15, 0.2) is 0 Å². The molecule has 0 radical (unpaired) electrons. The largest absolute Gasteiger partial charge is 0.768 e. The summed E-state index contributed by atoms with van der Waals surface area (Å²) in [6.45, 7) is 6.64. The van der Waals surface area contributed by atoms with Crippen LogP contribution in [0, 0.1) is 0 Å². The number of fused-ring (bicyclic) bond motifs is 1. The van der Waals surface area contributed by atoms with E-state index in [0.717, 1.165) is 21.8 Å². The summed E-state index contributed by atoms with van der Waals surface area (Å²) in [4.78, 5) is 11.8. The second-order valence-corrected chi connectivity index (χ2v) is 8.16. The summed E-state index contributed by atoms with van der Waals surface area (Å²) in [6.07, 6.45) is 2.21. The molecular formula is C16H20BrN2O4S-. The van der Waals surface area contributed by atoms with Crippen LogP contribution in [-0.4, -0.2) is 31.6 Å². The summed E-state index contributed by atoms with van der Waals surface area (Å²) in [5, 5.41) is 3.56. The number of nitrogens with one attached hydrogen (secondary N) is 1. The summed E-state index contributed by atoms with van der Waals surface area (Å²) in [5.41, 5.74) is 0.429. The number of carbonyl (C=O) groups is 1. The van der Waals surface area contributed by atoms with Gasteiger partial charge in [-0.05, 0) is 72.4 Å². The van der Waals surface area contributed by atoms with Crippen LogP contribution < -0.4 is 5.32 Å². The van der Waals surface area contributed by atoms with Gasteiger partial charge < -0.3 is 19.2 Å². The van der Waals surface area contributed by atoms with Crippen LogP contribution in [0.15, 0.2) is 33.8 Å². The molecule has 0 fully saturated rings. The Morgan fingerprint density at radius 1 is 1.42 bits per heavy atom. The lowest BCUT2D eigenvalue weighted by Crippen LogP contribution is -2.33. The van der Waals surface area contributed by atoms with E-state index in [1.807, 2.05) is 31.5 Å². The summed E-state index contributed by atoms with van der Waals surface area (Å²) in [7, 11) is 0. The van der Waals surface area contributed by atoms with Crippen LogP contribution in [0.5, 0.6) is 0 Å². The van der Waals surface area contributed by atoms with E-state index >= 15 is 0 Å². The summed E-state index contributed by atoms with van der Waals surface area (Å²) >= 11 is 1.21. The molecule has 1 unspecified atom stereocenters. The third kappa shape index (κ3) is 5.06. The molecule has 1 aromatic heterocycles. The minimum Gasteiger partial charge on any atom is -0.768 e. The van der Waals surface area contributed by atoms with Gasteiger partial charge in [-0.15, -0.1) is 0 Å². The SMILES string of the molecule is CC(C)(C)OC(=O)NCCCn1cc(Br)c2cc(S(=O)[O-])ccc21. The van der Waals surface area contributed by atoms with E-state index in [4.69, 9.17) is 4.74 Å². The van der Waals surface area contributed by atoms with E-state index in [-0.39, 0.29) is 4.90 Å². The fourth-order valence-electron chi connectivity index (χ4n) is 2.28. The van der Waals surface area contributed by atoms with Crippen LogP contribution in [-0.2, 0) is 22.4 Å². The summed E-state index contributed by atoms with van der Waals surface area (Å²) in [5.74, 6) is 0. The van der Waals surface area contributed by atoms with E-state index in [1.165, 1.54) is 0 Å². The first-order valence-corrected chi connectivity index (χ1v) is 9.39. The molecule has 24 heavy (non-hydrogen) atoms. The minimum absolute atomic E-state index is 0.257. The van der Waals surface area contributed by atoms with E-state index in [9.17, 15) is 13.6 Å². The van der Waals surface area contributed by atoms with E-state index in [1.54, 1.807) is 18.2 Å². The molecule has 8 heteroatoms. The van der Waals surface area contributed by atoms with Crippen molar-refractivity contribution in [2.75, 3.05) is 6.54 Å². The Balaban J connectivity index is 1.96. The molecule has 6 nitrogen and oxygen atoms in total. The Labute approximate surface area is 152 Å². The van der Waals surface area contributed by atoms with Gasteiger partial charge in [-0.3, -0.25) is 4.21 Å². The fourth-order valence-corrected chi connectivity index (χ4v) is 3.23. The zero-order valence-electron chi connectivity index (χ0n) is 13.8. The van der Waals surface area contributed by atoms with Gasteiger partial charge in [0, 0.05) is 39.6 Å². The molecule has 1 aromatic carbocycles. The van der Waals surface area contributed by atoms with Crippen LogP contribution in [0.4, 0.5) is 4.79 Å². The van der Waals surface area contributed by atoms with Gasteiger partial charge in [0.1, 0.15) is 5.60 Å². The monoisotopic (exact) mass is 415 g/mol. The van der Waals surface area contributed by atoms with E-state index in [0.29, 0.717) is 13.1 Å². The number of aromatic nitrogens is 1. The molecule has 2 rings (SSSR count). The fraction of sp³-hybridized carbons (Fsp3) is 0.438. The van der Waals surface area contributed by atoms with Gasteiger partial charge in [-0.2, -0.15) is 0 Å². The molecule has 0 spiro atoms. The maximum Gasteiger partial charge on any atom is 0.407 e. The van der Waals surface area contributed by atoms with Crippen molar-refractivity contribution in [1.29, 1.82) is 0 Å². The predicted octanol–water partition coefficient (Wildman–Crippen LogP) is 3.56. The molecule has 0 saturated heterocycles. The highest BCUT2D eigenvalue weighted by molar-refractivity contribution is 9.10. The highest BCUT2D eigenvalue weighted by Gasteiger charge is 2.15. The van der Waals surface area contributed by atoms with Gasteiger partial charge in [-0.1, -0.05) is 0 Å². The third-order valence-corrected chi connectivity index (χ3v) is 4.51. The number of nitrogens with zero attached hydrogens (tertiary/aromatic N) is 1. The Morgan fingerprint density at radius 3 is 2.75 bits per heavy atom. The quantitative estimate of drug-likeness (QED) is 0.597. The maximum atomic E-state index is 11.6. The molecule has 132 valence electrons. The lowest BCUT2D eigenvalue weighted by molar-refractivity contribution is 0.0526. The van der Waals surface area contributed by atoms with Crippen LogP contribution in [0.1, 0.15) is 27.2 Å². The van der Waals surface area contributed by atoms with Crippen LogP contribution in [0.25, 0.3) is 10.9 Å². The van der Waals surface area contributed by atoms with Crippen molar-refractivity contribution in [3.8, 4) is 0 Å². The molecule has 2 aromatic rings. The van der Waals surface area contributed by atoms with Crippen molar-refractivity contribution < 1.29 is 18.3 Å². The molecule has 0 aliphatic rings. The number of aryl methyl sites for hydroxylation is 1. The molecule has 0 saturated carbocycles. The molecular weight excluding hydrogens is 396 g/mol. The highest BCUT2D eigenvalue weighted by Crippen LogP contribution is 2.28. The number of alkyl carbamates (subject to hydrolysis) is 1. The van der Waals surface area contributed by atoms with Crippen LogP contribution in [0.3, 0.4) is 0 Å². The number of ether oxygens (including phenoxy) is 1. The molecule has 1 N–H and O–H groups in total. The third-order valence-electron chi connectivity index (χ3n) is 3.24. The summed E-state index contributed by atoms with van der Waals surface area (Å²) < 4.78 is 30.2. The number of hydrogen-bond donors (Lipinski definition) is 1. The Morgan fingerprint density at radius 2 is 2.12 bits per heavy atom. The standard InChI is InChI=1S/C16H21BrN2O4S/c1-16(2,3)23-15(20)18-7-4-8-19-10-13(17)12-9-11(24(21)22)5-6-14(12)19/h5-6,9-10H,4,7-8H2,1-3H3,(H,18,20)(H,21,22)/p-1. The first kappa shape index (κ1) is 19.0. The Hall–Kier alpha value is -1.38. The number of carbonyl (C=O) groups excluding carboxylic acids is 1. The van der Waals surface area contributed by atoms with Crippen molar-refractivity contribution in [2.45, 2.75) is 44.2 Å². The van der Waals surface area contributed by atoms with Crippen molar-refractivity contribution in [2.24, 2.45) is 0 Å². The zero-order chi connectivity index (χ0) is 17.9. The molecule has 0 aliphatic carbocycles. The van der Waals surface area contributed by atoms with Crippen LogP contribution >= 0.6 is 15.9 Å². The van der Waals surface area contributed by atoms with Gasteiger partial charge in [0.2, 0.25) is 0 Å². The zero-order valence-corrected chi connectivity index (χ0v) is 16.2. The van der Waals surface area contributed by atoms with Crippen molar-refractivity contribution >= 4 is 44.0 Å². The highest BCUT2D eigenvalue weighted by atomic mass is 79.9. The number of halogens is 1.